The number of halogens is 3. The molecule has 3 nitrogen and oxygen atoms in total. The maximum Gasteiger partial charge on any atom is 0.357 e. The zero-order valence-electron chi connectivity index (χ0n) is 8.76. The molecule has 1 aromatic heterocycles. The lowest BCUT2D eigenvalue weighted by atomic mass is 10.1. The molecule has 0 spiro atoms. The highest BCUT2D eigenvalue weighted by Gasteiger charge is 2.24. The van der Waals surface area contributed by atoms with Crippen LogP contribution in [0.15, 0.2) is 6.07 Å². The normalized spacial score (nSPS) is 10.6. The fourth-order valence-corrected chi connectivity index (χ4v) is 1.82. The van der Waals surface area contributed by atoms with Crippen LogP contribution >= 0.6 is 15.9 Å². The second-order valence-electron chi connectivity index (χ2n) is 3.11. The second kappa shape index (κ2) is 5.34. The van der Waals surface area contributed by atoms with Crippen molar-refractivity contribution in [2.24, 2.45) is 0 Å². The van der Waals surface area contributed by atoms with E-state index in [-0.39, 0.29) is 16.6 Å². The van der Waals surface area contributed by atoms with Crippen LogP contribution in [0.3, 0.4) is 0 Å². The third-order valence-electron chi connectivity index (χ3n) is 2.01. The minimum Gasteiger partial charge on any atom is -0.464 e. The van der Waals surface area contributed by atoms with E-state index in [1.54, 1.807) is 6.92 Å². The van der Waals surface area contributed by atoms with Crippen LogP contribution in [-0.2, 0) is 10.1 Å². The van der Waals surface area contributed by atoms with Gasteiger partial charge >= 0.3 is 5.97 Å². The van der Waals surface area contributed by atoms with Crippen molar-refractivity contribution in [1.82, 2.24) is 4.98 Å². The van der Waals surface area contributed by atoms with E-state index in [0.717, 1.165) is 7.11 Å². The molecular weight excluding hydrogens is 284 g/mol. The molecule has 1 aromatic rings. The van der Waals surface area contributed by atoms with Gasteiger partial charge in [0, 0.05) is 11.0 Å². The Bertz CT molecular complexity index is 410. The van der Waals surface area contributed by atoms with Crippen LogP contribution in [0, 0.1) is 6.92 Å². The van der Waals surface area contributed by atoms with Crippen molar-refractivity contribution >= 4 is 21.9 Å². The SMILES string of the molecule is COC(=O)c1nc(C)cc(CBr)c1C(F)F. The average Bonchev–Trinajstić information content (AvgIpc) is 2.26. The Kier molecular flexibility index (Phi) is 4.35. The Morgan fingerprint density at radius 3 is 2.69 bits per heavy atom. The number of aryl methyl sites for hydroxylation is 1. The number of alkyl halides is 3. The van der Waals surface area contributed by atoms with Gasteiger partial charge < -0.3 is 4.74 Å². The van der Waals surface area contributed by atoms with E-state index in [1.165, 1.54) is 6.07 Å². The first-order valence-electron chi connectivity index (χ1n) is 4.44. The molecule has 0 aliphatic heterocycles. The number of nitrogens with zero attached hydrogens (tertiary/aromatic N) is 1. The van der Waals surface area contributed by atoms with Crippen molar-refractivity contribution in [3.8, 4) is 0 Å². The number of pyridine rings is 1. The van der Waals surface area contributed by atoms with Gasteiger partial charge in [-0.1, -0.05) is 15.9 Å². The Hall–Kier alpha value is -1.04. The number of esters is 1. The van der Waals surface area contributed by atoms with Crippen molar-refractivity contribution in [1.29, 1.82) is 0 Å². The molecule has 0 N–H and O–H groups in total. The van der Waals surface area contributed by atoms with Gasteiger partial charge in [0.25, 0.3) is 6.43 Å². The summed E-state index contributed by atoms with van der Waals surface area (Å²) in [5, 5.41) is 0.236. The summed E-state index contributed by atoms with van der Waals surface area (Å²) >= 11 is 3.10. The van der Waals surface area contributed by atoms with Crippen LogP contribution in [0.25, 0.3) is 0 Å². The van der Waals surface area contributed by atoms with E-state index in [4.69, 9.17) is 0 Å². The van der Waals surface area contributed by atoms with Gasteiger partial charge in [0.2, 0.25) is 0 Å². The summed E-state index contributed by atoms with van der Waals surface area (Å²) in [7, 11) is 1.13. The van der Waals surface area contributed by atoms with E-state index in [1.807, 2.05) is 0 Å². The molecule has 0 fully saturated rings. The Morgan fingerprint density at radius 2 is 2.25 bits per heavy atom. The molecule has 0 bridgehead atoms. The molecule has 16 heavy (non-hydrogen) atoms. The molecule has 0 amide bonds. The van der Waals surface area contributed by atoms with Crippen LogP contribution in [0.2, 0.25) is 0 Å². The highest BCUT2D eigenvalue weighted by molar-refractivity contribution is 9.08. The molecule has 6 heteroatoms. The van der Waals surface area contributed by atoms with Crippen molar-refractivity contribution < 1.29 is 18.3 Å². The monoisotopic (exact) mass is 293 g/mol. The number of rotatable bonds is 3. The smallest absolute Gasteiger partial charge is 0.357 e. The molecule has 0 atom stereocenters. The summed E-state index contributed by atoms with van der Waals surface area (Å²) in [6.45, 7) is 1.63. The van der Waals surface area contributed by atoms with E-state index in [0.29, 0.717) is 11.3 Å². The van der Waals surface area contributed by atoms with Gasteiger partial charge in [-0.2, -0.15) is 0 Å². The quantitative estimate of drug-likeness (QED) is 0.635. The molecule has 88 valence electrons. The van der Waals surface area contributed by atoms with Crippen LogP contribution in [0.5, 0.6) is 0 Å². The van der Waals surface area contributed by atoms with Crippen LogP contribution in [-0.4, -0.2) is 18.1 Å². The van der Waals surface area contributed by atoms with Crippen LogP contribution in [0.4, 0.5) is 8.78 Å². The highest BCUT2D eigenvalue weighted by Crippen LogP contribution is 2.28. The summed E-state index contributed by atoms with van der Waals surface area (Å²) in [6, 6.07) is 1.52. The molecule has 0 saturated heterocycles. The predicted octanol–water partition coefficient (Wildman–Crippen LogP) is 3.01. The lowest BCUT2D eigenvalue weighted by molar-refractivity contribution is 0.0581. The number of aromatic nitrogens is 1. The Morgan fingerprint density at radius 1 is 1.62 bits per heavy atom. The summed E-state index contributed by atoms with van der Waals surface area (Å²) in [4.78, 5) is 15.1. The van der Waals surface area contributed by atoms with Gasteiger partial charge in [-0.05, 0) is 18.6 Å². The molecule has 0 aliphatic carbocycles. The first-order valence-corrected chi connectivity index (χ1v) is 5.56. The largest absolute Gasteiger partial charge is 0.464 e. The zero-order chi connectivity index (χ0) is 12.3. The maximum absolute atomic E-state index is 12.8. The zero-order valence-corrected chi connectivity index (χ0v) is 10.3. The summed E-state index contributed by atoms with van der Waals surface area (Å²) < 4.78 is 30.1. The third kappa shape index (κ3) is 2.55. The fourth-order valence-electron chi connectivity index (χ4n) is 1.36. The van der Waals surface area contributed by atoms with E-state index in [9.17, 15) is 13.6 Å². The molecule has 1 heterocycles. The summed E-state index contributed by atoms with van der Waals surface area (Å²) in [5.74, 6) is -0.846. The average molecular weight is 294 g/mol. The number of hydrogen-bond acceptors (Lipinski definition) is 3. The molecule has 0 aromatic carbocycles. The highest BCUT2D eigenvalue weighted by atomic mass is 79.9. The Balaban J connectivity index is 3.44. The third-order valence-corrected chi connectivity index (χ3v) is 2.62. The maximum atomic E-state index is 12.8. The minimum absolute atomic E-state index is 0.236. The first-order chi connectivity index (χ1) is 7.51. The summed E-state index contributed by atoms with van der Waals surface area (Å²) in [6.07, 6.45) is -2.75. The van der Waals surface area contributed by atoms with Crippen LogP contribution in [0.1, 0.15) is 33.7 Å². The second-order valence-corrected chi connectivity index (χ2v) is 3.67. The van der Waals surface area contributed by atoms with Gasteiger partial charge in [0.15, 0.2) is 5.69 Å². The lowest BCUT2D eigenvalue weighted by Crippen LogP contribution is -2.12. The number of carbonyl (C=O) groups excluding carboxylic acids is 1. The molecule has 0 unspecified atom stereocenters. The number of carbonyl (C=O) groups is 1. The molecule has 0 aliphatic rings. The molecule has 1 rings (SSSR count). The van der Waals surface area contributed by atoms with Crippen molar-refractivity contribution in [2.75, 3.05) is 7.11 Å². The van der Waals surface area contributed by atoms with Crippen molar-refractivity contribution in [3.63, 3.8) is 0 Å². The van der Waals surface area contributed by atoms with Gasteiger partial charge in [0.05, 0.1) is 12.7 Å². The lowest BCUT2D eigenvalue weighted by Gasteiger charge is -2.11. The van der Waals surface area contributed by atoms with E-state index < -0.39 is 12.4 Å². The summed E-state index contributed by atoms with van der Waals surface area (Å²) in [5.41, 5.74) is 0.170. The number of methoxy groups -OCH3 is 1. The topological polar surface area (TPSA) is 39.2 Å². The molecule has 0 saturated carbocycles. The molecular formula is C10H10BrF2NO2. The predicted molar refractivity (Wildman–Crippen MR) is 57.9 cm³/mol. The number of ether oxygens (including phenoxy) is 1. The number of hydrogen-bond donors (Lipinski definition) is 0. The van der Waals surface area contributed by atoms with Crippen molar-refractivity contribution in [3.05, 3.63) is 28.6 Å². The van der Waals surface area contributed by atoms with Gasteiger partial charge in [-0.15, -0.1) is 0 Å². The fraction of sp³-hybridized carbons (Fsp3) is 0.400. The van der Waals surface area contributed by atoms with Crippen LogP contribution < -0.4 is 0 Å². The van der Waals surface area contributed by atoms with Gasteiger partial charge in [-0.25, -0.2) is 18.6 Å². The van der Waals surface area contributed by atoms with Gasteiger partial charge in [0.1, 0.15) is 0 Å². The first kappa shape index (κ1) is 13.0. The van der Waals surface area contributed by atoms with Gasteiger partial charge in [-0.3, -0.25) is 0 Å². The van der Waals surface area contributed by atoms with E-state index >= 15 is 0 Å². The van der Waals surface area contributed by atoms with E-state index in [2.05, 4.69) is 25.7 Å². The standard InChI is InChI=1S/C10H10BrF2NO2/c1-5-3-6(4-11)7(9(12)13)8(14-5)10(15)16-2/h3,9H,4H2,1-2H3. The Labute approximate surface area is 99.9 Å². The van der Waals surface area contributed by atoms with Crippen molar-refractivity contribution in [2.45, 2.75) is 18.7 Å². The molecule has 0 radical (unpaired) electrons. The minimum atomic E-state index is -2.75.